The second-order valence-electron chi connectivity index (χ2n) is 4.14. The maximum Gasteiger partial charge on any atom is 0.182 e. The summed E-state index contributed by atoms with van der Waals surface area (Å²) in [4.78, 5) is 15.5. The van der Waals surface area contributed by atoms with Gasteiger partial charge in [0.1, 0.15) is 29.2 Å². The average molecular weight is 370 g/mol. The SMILES string of the molecule is COc1cc(OC)c(-c2nc3ncnc(Cl)c3[nH]2)cc1Br. The van der Waals surface area contributed by atoms with Gasteiger partial charge in [-0.2, -0.15) is 0 Å². The van der Waals surface area contributed by atoms with Gasteiger partial charge in [-0.3, -0.25) is 0 Å². The van der Waals surface area contributed by atoms with Crippen molar-refractivity contribution >= 4 is 38.7 Å². The largest absolute Gasteiger partial charge is 0.496 e. The van der Waals surface area contributed by atoms with Gasteiger partial charge >= 0.3 is 0 Å². The molecule has 8 heteroatoms. The second-order valence-corrected chi connectivity index (χ2v) is 5.35. The number of rotatable bonds is 3. The summed E-state index contributed by atoms with van der Waals surface area (Å²) in [6.45, 7) is 0. The van der Waals surface area contributed by atoms with Crippen LogP contribution in [-0.2, 0) is 0 Å². The third-order valence-corrected chi connectivity index (χ3v) is 3.88. The Morgan fingerprint density at radius 3 is 2.57 bits per heavy atom. The summed E-state index contributed by atoms with van der Waals surface area (Å²) >= 11 is 9.48. The van der Waals surface area contributed by atoms with Crippen molar-refractivity contribution in [3.8, 4) is 22.9 Å². The highest BCUT2D eigenvalue weighted by Gasteiger charge is 2.16. The van der Waals surface area contributed by atoms with Crippen LogP contribution >= 0.6 is 27.5 Å². The average Bonchev–Trinajstić information content (AvgIpc) is 2.92. The van der Waals surface area contributed by atoms with Crippen molar-refractivity contribution in [3.05, 3.63) is 28.1 Å². The third kappa shape index (κ3) is 2.43. The minimum absolute atomic E-state index is 0.324. The number of nitrogens with zero attached hydrogens (tertiary/aromatic N) is 3. The number of imidazole rings is 1. The molecule has 3 rings (SSSR count). The van der Waals surface area contributed by atoms with E-state index in [9.17, 15) is 0 Å². The Morgan fingerprint density at radius 2 is 1.90 bits per heavy atom. The number of H-pyrrole nitrogens is 1. The zero-order valence-corrected chi connectivity index (χ0v) is 13.5. The van der Waals surface area contributed by atoms with Crippen LogP contribution in [0.15, 0.2) is 22.9 Å². The van der Waals surface area contributed by atoms with Crippen LogP contribution in [0.2, 0.25) is 5.15 Å². The summed E-state index contributed by atoms with van der Waals surface area (Å²) in [5.41, 5.74) is 1.85. The number of fused-ring (bicyclic) bond motifs is 1. The number of ether oxygens (including phenoxy) is 2. The highest BCUT2D eigenvalue weighted by molar-refractivity contribution is 9.10. The molecule has 3 aromatic rings. The van der Waals surface area contributed by atoms with Gasteiger partial charge in [-0.1, -0.05) is 11.6 Å². The molecule has 0 aliphatic carbocycles. The van der Waals surface area contributed by atoms with Crippen LogP contribution in [0.1, 0.15) is 0 Å². The number of aromatic amines is 1. The first-order valence-corrected chi connectivity index (χ1v) is 7.09. The number of nitrogens with one attached hydrogen (secondary N) is 1. The predicted molar refractivity (Wildman–Crippen MR) is 82.9 cm³/mol. The minimum Gasteiger partial charge on any atom is -0.496 e. The molecule has 0 amide bonds. The first-order valence-electron chi connectivity index (χ1n) is 5.92. The van der Waals surface area contributed by atoms with E-state index in [2.05, 4.69) is 35.9 Å². The zero-order valence-electron chi connectivity index (χ0n) is 11.1. The molecule has 0 aliphatic heterocycles. The Morgan fingerprint density at radius 1 is 1.14 bits per heavy atom. The lowest BCUT2D eigenvalue weighted by atomic mass is 10.2. The molecular weight excluding hydrogens is 360 g/mol. The molecule has 0 unspecified atom stereocenters. The molecule has 0 saturated heterocycles. The summed E-state index contributed by atoms with van der Waals surface area (Å²) in [5.74, 6) is 1.88. The number of methoxy groups -OCH3 is 2. The monoisotopic (exact) mass is 368 g/mol. The highest BCUT2D eigenvalue weighted by Crippen LogP contribution is 2.38. The quantitative estimate of drug-likeness (QED) is 0.716. The van der Waals surface area contributed by atoms with E-state index in [0.717, 1.165) is 10.0 Å². The van der Waals surface area contributed by atoms with E-state index >= 15 is 0 Å². The fraction of sp³-hybridized carbons (Fsp3) is 0.154. The van der Waals surface area contributed by atoms with E-state index in [1.54, 1.807) is 20.3 Å². The van der Waals surface area contributed by atoms with Gasteiger partial charge < -0.3 is 14.5 Å². The normalized spacial score (nSPS) is 10.9. The van der Waals surface area contributed by atoms with Crippen LogP contribution in [0, 0.1) is 0 Å². The van der Waals surface area contributed by atoms with E-state index in [-0.39, 0.29) is 0 Å². The van der Waals surface area contributed by atoms with Crippen molar-refractivity contribution in [1.82, 2.24) is 19.9 Å². The molecule has 2 aromatic heterocycles. The van der Waals surface area contributed by atoms with Gasteiger partial charge in [0.2, 0.25) is 0 Å². The zero-order chi connectivity index (χ0) is 15.0. The van der Waals surface area contributed by atoms with Crippen LogP contribution in [0.25, 0.3) is 22.6 Å². The molecule has 0 spiro atoms. The maximum absolute atomic E-state index is 6.03. The Bertz CT molecular complexity index is 821. The Hall–Kier alpha value is -1.86. The fourth-order valence-corrected chi connectivity index (χ4v) is 2.65. The standard InChI is InChI=1S/C13H10BrClN4O2/c1-20-8-4-9(21-2)7(14)3-6(8)12-18-10-11(15)16-5-17-13(10)19-12/h3-5H,1-2H3,(H,16,17,18,19). The van der Waals surface area contributed by atoms with Gasteiger partial charge in [0.25, 0.3) is 0 Å². The van der Waals surface area contributed by atoms with Crippen LogP contribution in [0.4, 0.5) is 0 Å². The van der Waals surface area contributed by atoms with E-state index in [4.69, 9.17) is 21.1 Å². The van der Waals surface area contributed by atoms with E-state index in [1.807, 2.05) is 6.07 Å². The van der Waals surface area contributed by atoms with Crippen molar-refractivity contribution in [2.45, 2.75) is 0 Å². The highest BCUT2D eigenvalue weighted by atomic mass is 79.9. The Balaban J connectivity index is 2.22. The Kier molecular flexibility index (Phi) is 3.69. The number of aromatic nitrogens is 4. The van der Waals surface area contributed by atoms with E-state index in [0.29, 0.717) is 33.6 Å². The lowest BCUT2D eigenvalue weighted by Gasteiger charge is -2.10. The van der Waals surface area contributed by atoms with Crippen molar-refractivity contribution in [1.29, 1.82) is 0 Å². The van der Waals surface area contributed by atoms with Crippen LogP contribution in [0.5, 0.6) is 11.5 Å². The van der Waals surface area contributed by atoms with Gasteiger partial charge in [0.15, 0.2) is 10.8 Å². The van der Waals surface area contributed by atoms with Gasteiger partial charge in [-0.15, -0.1) is 0 Å². The lowest BCUT2D eigenvalue weighted by Crippen LogP contribution is -1.92. The molecule has 21 heavy (non-hydrogen) atoms. The van der Waals surface area contributed by atoms with Crippen LogP contribution in [0.3, 0.4) is 0 Å². The van der Waals surface area contributed by atoms with Gasteiger partial charge in [-0.25, -0.2) is 15.0 Å². The number of benzene rings is 1. The summed E-state index contributed by atoms with van der Waals surface area (Å²) in [6.07, 6.45) is 1.37. The van der Waals surface area contributed by atoms with Crippen molar-refractivity contribution in [2.24, 2.45) is 0 Å². The van der Waals surface area contributed by atoms with Crippen LogP contribution < -0.4 is 9.47 Å². The molecule has 6 nitrogen and oxygen atoms in total. The number of hydrogen-bond acceptors (Lipinski definition) is 5. The maximum atomic E-state index is 6.03. The van der Waals surface area contributed by atoms with Gasteiger partial charge in [0, 0.05) is 6.07 Å². The molecule has 0 bridgehead atoms. The Labute approximate surface area is 133 Å². The molecule has 1 aromatic carbocycles. The first kappa shape index (κ1) is 14.1. The molecular formula is C13H10BrClN4O2. The first-order chi connectivity index (χ1) is 10.1. The van der Waals surface area contributed by atoms with Gasteiger partial charge in [-0.05, 0) is 22.0 Å². The van der Waals surface area contributed by atoms with Crippen molar-refractivity contribution in [2.75, 3.05) is 14.2 Å². The predicted octanol–water partition coefficient (Wildman–Crippen LogP) is 3.45. The minimum atomic E-state index is 0.324. The van der Waals surface area contributed by atoms with E-state index < -0.39 is 0 Å². The van der Waals surface area contributed by atoms with Crippen LogP contribution in [-0.4, -0.2) is 34.2 Å². The van der Waals surface area contributed by atoms with Crippen molar-refractivity contribution < 1.29 is 9.47 Å². The lowest BCUT2D eigenvalue weighted by molar-refractivity contribution is 0.393. The van der Waals surface area contributed by atoms with Crippen molar-refractivity contribution in [3.63, 3.8) is 0 Å². The molecule has 0 atom stereocenters. The fourth-order valence-electron chi connectivity index (χ4n) is 1.97. The molecule has 2 heterocycles. The van der Waals surface area contributed by atoms with E-state index in [1.165, 1.54) is 6.33 Å². The molecule has 0 aliphatic rings. The molecule has 0 radical (unpaired) electrons. The number of halogens is 2. The smallest absolute Gasteiger partial charge is 0.182 e. The number of hydrogen-bond donors (Lipinski definition) is 1. The summed E-state index contributed by atoms with van der Waals surface area (Å²) < 4.78 is 11.4. The molecule has 1 N–H and O–H groups in total. The summed E-state index contributed by atoms with van der Waals surface area (Å²) in [5, 5.41) is 0.324. The molecule has 0 fully saturated rings. The molecule has 108 valence electrons. The third-order valence-electron chi connectivity index (χ3n) is 2.97. The second kappa shape index (κ2) is 5.50. The molecule has 0 saturated carbocycles. The summed E-state index contributed by atoms with van der Waals surface area (Å²) in [6, 6.07) is 3.64. The van der Waals surface area contributed by atoms with Gasteiger partial charge in [0.05, 0.1) is 24.3 Å². The topological polar surface area (TPSA) is 72.9 Å². The summed E-state index contributed by atoms with van der Waals surface area (Å²) in [7, 11) is 3.18.